The third-order valence-corrected chi connectivity index (χ3v) is 5.55. The van der Waals surface area contributed by atoms with Crippen LogP contribution in [0.1, 0.15) is 25.3 Å². The average Bonchev–Trinajstić information content (AvgIpc) is 3.23. The van der Waals surface area contributed by atoms with E-state index >= 15 is 0 Å². The molecule has 0 radical (unpaired) electrons. The number of carbonyl (C=O) groups is 1. The van der Waals surface area contributed by atoms with Gasteiger partial charge in [0.2, 0.25) is 5.91 Å². The Balaban J connectivity index is 1.44. The van der Waals surface area contributed by atoms with Crippen LogP contribution in [-0.4, -0.2) is 37.4 Å². The smallest absolute Gasteiger partial charge is 0.233 e. The summed E-state index contributed by atoms with van der Waals surface area (Å²) in [6.45, 7) is 3.42. The lowest BCUT2D eigenvalue weighted by Gasteiger charge is -2.22. The van der Waals surface area contributed by atoms with Crippen molar-refractivity contribution < 1.29 is 9.21 Å². The molecular weight excluding hydrogens is 360 g/mol. The van der Waals surface area contributed by atoms with Gasteiger partial charge in [-0.05, 0) is 37.5 Å². The van der Waals surface area contributed by atoms with Crippen molar-refractivity contribution in [3.8, 4) is 11.6 Å². The number of hydrogen-bond acceptors (Lipinski definition) is 5. The molecule has 1 aliphatic carbocycles. The second kappa shape index (κ2) is 8.00. The quantitative estimate of drug-likeness (QED) is 0.554. The van der Waals surface area contributed by atoms with Gasteiger partial charge in [-0.15, -0.1) is 10.2 Å². The van der Waals surface area contributed by atoms with Crippen molar-refractivity contribution in [1.82, 2.24) is 19.7 Å². The van der Waals surface area contributed by atoms with E-state index in [-0.39, 0.29) is 5.91 Å². The molecule has 0 aliphatic heterocycles. The Morgan fingerprint density at radius 2 is 2.04 bits per heavy atom. The maximum Gasteiger partial charge on any atom is 0.233 e. The molecular formula is C20H22N4O2S. The standard InChI is InChI=1S/C20H22N4O2S/c1-2-23-19(17-9-6-12-26-17)21-22-20(23)27-14-18(25)24(16-10-11-16)13-15-7-4-3-5-8-15/h3-9,12,16H,2,10-11,13-14H2,1H3. The Morgan fingerprint density at radius 1 is 1.22 bits per heavy atom. The van der Waals surface area contributed by atoms with E-state index in [9.17, 15) is 4.79 Å². The molecule has 1 fully saturated rings. The van der Waals surface area contributed by atoms with Gasteiger partial charge in [-0.25, -0.2) is 0 Å². The number of nitrogens with zero attached hydrogens (tertiary/aromatic N) is 4. The molecule has 4 rings (SSSR count). The first kappa shape index (κ1) is 17.9. The Bertz CT molecular complexity index is 888. The zero-order valence-corrected chi connectivity index (χ0v) is 16.1. The lowest BCUT2D eigenvalue weighted by molar-refractivity contribution is -0.129. The van der Waals surface area contributed by atoms with Gasteiger partial charge in [-0.2, -0.15) is 0 Å². The Morgan fingerprint density at radius 3 is 2.70 bits per heavy atom. The number of carbonyl (C=O) groups excluding carboxylic acids is 1. The summed E-state index contributed by atoms with van der Waals surface area (Å²) in [5.74, 6) is 1.89. The van der Waals surface area contributed by atoms with Crippen LogP contribution < -0.4 is 0 Å². The van der Waals surface area contributed by atoms with Gasteiger partial charge in [-0.1, -0.05) is 42.1 Å². The van der Waals surface area contributed by atoms with E-state index < -0.39 is 0 Å². The number of benzene rings is 1. The van der Waals surface area contributed by atoms with Gasteiger partial charge < -0.3 is 9.32 Å². The van der Waals surface area contributed by atoms with Crippen LogP contribution in [-0.2, 0) is 17.9 Å². The predicted molar refractivity (Wildman–Crippen MR) is 104 cm³/mol. The van der Waals surface area contributed by atoms with Crippen LogP contribution in [0.3, 0.4) is 0 Å². The second-order valence-corrected chi connectivity index (χ2v) is 7.50. The largest absolute Gasteiger partial charge is 0.461 e. The zero-order chi connectivity index (χ0) is 18.6. The molecule has 0 N–H and O–H groups in total. The minimum absolute atomic E-state index is 0.150. The zero-order valence-electron chi connectivity index (χ0n) is 15.2. The fraction of sp³-hybridized carbons (Fsp3) is 0.350. The number of thioether (sulfide) groups is 1. The molecule has 1 aliphatic rings. The van der Waals surface area contributed by atoms with Gasteiger partial charge in [0, 0.05) is 19.1 Å². The Kier molecular flexibility index (Phi) is 5.29. The fourth-order valence-corrected chi connectivity index (χ4v) is 3.95. The molecule has 0 bridgehead atoms. The molecule has 140 valence electrons. The molecule has 0 unspecified atom stereocenters. The van der Waals surface area contributed by atoms with Crippen LogP contribution in [0.5, 0.6) is 0 Å². The van der Waals surface area contributed by atoms with E-state index in [2.05, 4.69) is 22.3 Å². The Labute approximate surface area is 162 Å². The van der Waals surface area contributed by atoms with E-state index in [0.29, 0.717) is 29.9 Å². The summed E-state index contributed by atoms with van der Waals surface area (Å²) in [4.78, 5) is 14.9. The highest BCUT2D eigenvalue weighted by Gasteiger charge is 2.32. The van der Waals surface area contributed by atoms with Crippen molar-refractivity contribution in [3.63, 3.8) is 0 Å². The SMILES string of the molecule is CCn1c(SCC(=O)N(Cc2ccccc2)C2CC2)nnc1-c1ccco1. The van der Waals surface area contributed by atoms with Gasteiger partial charge in [-0.3, -0.25) is 9.36 Å². The number of amides is 1. The van der Waals surface area contributed by atoms with Crippen LogP contribution in [0, 0.1) is 0 Å². The molecule has 2 aromatic heterocycles. The fourth-order valence-electron chi connectivity index (χ4n) is 3.07. The first-order valence-electron chi connectivity index (χ1n) is 9.19. The van der Waals surface area contributed by atoms with Crippen LogP contribution in [0.25, 0.3) is 11.6 Å². The van der Waals surface area contributed by atoms with E-state index in [4.69, 9.17) is 4.42 Å². The third-order valence-electron chi connectivity index (χ3n) is 4.60. The van der Waals surface area contributed by atoms with E-state index in [1.807, 2.05) is 46.7 Å². The van der Waals surface area contributed by atoms with Crippen molar-refractivity contribution in [2.45, 2.75) is 44.1 Å². The van der Waals surface area contributed by atoms with Gasteiger partial charge in [0.05, 0.1) is 12.0 Å². The van der Waals surface area contributed by atoms with Gasteiger partial charge >= 0.3 is 0 Å². The summed E-state index contributed by atoms with van der Waals surface area (Å²) in [6.07, 6.45) is 3.81. The van der Waals surface area contributed by atoms with Crippen LogP contribution in [0.4, 0.5) is 0 Å². The summed E-state index contributed by atoms with van der Waals surface area (Å²) in [5.41, 5.74) is 1.17. The van der Waals surface area contributed by atoms with Gasteiger partial charge in [0.15, 0.2) is 16.7 Å². The predicted octanol–water partition coefficient (Wildman–Crippen LogP) is 3.84. The third kappa shape index (κ3) is 4.08. The first-order chi connectivity index (χ1) is 13.3. The minimum atomic E-state index is 0.150. The van der Waals surface area contributed by atoms with Crippen LogP contribution >= 0.6 is 11.8 Å². The highest BCUT2D eigenvalue weighted by Crippen LogP contribution is 2.30. The number of furan rings is 1. The van der Waals surface area contributed by atoms with Crippen molar-refractivity contribution >= 4 is 17.7 Å². The molecule has 7 heteroatoms. The van der Waals surface area contributed by atoms with Crippen molar-refractivity contribution in [2.75, 3.05) is 5.75 Å². The summed E-state index contributed by atoms with van der Waals surface area (Å²) in [7, 11) is 0. The molecule has 1 saturated carbocycles. The van der Waals surface area contributed by atoms with Crippen molar-refractivity contribution in [2.24, 2.45) is 0 Å². The number of rotatable bonds is 8. The number of hydrogen-bond donors (Lipinski definition) is 0. The van der Waals surface area contributed by atoms with E-state index in [1.165, 1.54) is 17.3 Å². The molecule has 3 aromatic rings. The topological polar surface area (TPSA) is 64.2 Å². The molecule has 27 heavy (non-hydrogen) atoms. The maximum atomic E-state index is 12.9. The Hall–Kier alpha value is -2.54. The second-order valence-electron chi connectivity index (χ2n) is 6.55. The van der Waals surface area contributed by atoms with Crippen molar-refractivity contribution in [1.29, 1.82) is 0 Å². The molecule has 0 spiro atoms. The summed E-state index contributed by atoms with van der Waals surface area (Å²) in [5, 5.41) is 9.25. The van der Waals surface area contributed by atoms with E-state index in [1.54, 1.807) is 6.26 Å². The molecule has 1 amide bonds. The minimum Gasteiger partial charge on any atom is -0.461 e. The van der Waals surface area contributed by atoms with Crippen molar-refractivity contribution in [3.05, 3.63) is 54.3 Å². The summed E-state index contributed by atoms with van der Waals surface area (Å²) in [6, 6.07) is 14.2. The van der Waals surface area contributed by atoms with Crippen LogP contribution in [0.2, 0.25) is 0 Å². The lowest BCUT2D eigenvalue weighted by Crippen LogP contribution is -2.34. The number of aromatic nitrogens is 3. The van der Waals surface area contributed by atoms with Gasteiger partial charge in [0.25, 0.3) is 0 Å². The van der Waals surface area contributed by atoms with E-state index in [0.717, 1.165) is 24.5 Å². The first-order valence-corrected chi connectivity index (χ1v) is 10.2. The van der Waals surface area contributed by atoms with Gasteiger partial charge in [0.1, 0.15) is 0 Å². The highest BCUT2D eigenvalue weighted by atomic mass is 32.2. The van der Waals surface area contributed by atoms with Crippen LogP contribution in [0.15, 0.2) is 58.3 Å². The average molecular weight is 382 g/mol. The molecule has 0 atom stereocenters. The molecule has 0 saturated heterocycles. The maximum absolute atomic E-state index is 12.9. The summed E-state index contributed by atoms with van der Waals surface area (Å²) < 4.78 is 7.42. The molecule has 6 nitrogen and oxygen atoms in total. The highest BCUT2D eigenvalue weighted by molar-refractivity contribution is 7.99. The monoisotopic (exact) mass is 382 g/mol. The molecule has 2 heterocycles. The lowest BCUT2D eigenvalue weighted by atomic mass is 10.2. The normalized spacial score (nSPS) is 13.7. The molecule has 1 aromatic carbocycles. The summed E-state index contributed by atoms with van der Waals surface area (Å²) >= 11 is 1.44.